The van der Waals surface area contributed by atoms with Gasteiger partial charge in [-0.05, 0) is 17.3 Å². The molecule has 2 aromatic rings. The van der Waals surface area contributed by atoms with E-state index in [1.165, 1.54) is 18.2 Å². The number of nitro benzene ring substituents is 2. The van der Waals surface area contributed by atoms with Gasteiger partial charge in [0.05, 0.1) is 9.85 Å². The highest BCUT2D eigenvalue weighted by Gasteiger charge is 2.18. The van der Waals surface area contributed by atoms with Crippen molar-refractivity contribution >= 4 is 27.3 Å². The smallest absolute Gasteiger partial charge is 0.358 e. The Balaban J connectivity index is 2.22. The zero-order valence-electron chi connectivity index (χ0n) is 12.3. The molecule has 0 aliphatic carbocycles. The van der Waals surface area contributed by atoms with Gasteiger partial charge >= 0.3 is 10.1 Å². The van der Waals surface area contributed by atoms with Gasteiger partial charge in [-0.3, -0.25) is 24.5 Å². The minimum absolute atomic E-state index is 0.0908. The largest absolute Gasteiger partial charge is 0.380 e. The number of benzene rings is 2. The summed E-state index contributed by atoms with van der Waals surface area (Å²) < 4.78 is 28.4. The number of rotatable bonds is 6. The fourth-order valence-corrected chi connectivity index (χ4v) is 2.43. The highest BCUT2D eigenvalue weighted by atomic mass is 32.2. The Bertz CT molecular complexity index is 955. The van der Waals surface area contributed by atoms with Crippen LogP contribution in [0.3, 0.4) is 0 Å². The van der Waals surface area contributed by atoms with Crippen LogP contribution in [0.4, 0.5) is 11.4 Å². The predicted octanol–water partition coefficient (Wildman–Crippen LogP) is 1.53. The molecule has 2 aromatic carbocycles. The Kier molecular flexibility index (Phi) is 4.93. The zero-order valence-corrected chi connectivity index (χ0v) is 13.1. The Hall–Kier alpha value is -3.54. The highest BCUT2D eigenvalue weighted by molar-refractivity contribution is 7.86. The van der Waals surface area contributed by atoms with Crippen molar-refractivity contribution in [3.63, 3.8) is 0 Å². The Morgan fingerprint density at radius 2 is 1.60 bits per heavy atom. The molecule has 12 heteroatoms. The maximum absolute atomic E-state index is 12.0. The van der Waals surface area contributed by atoms with Crippen LogP contribution in [0.1, 0.15) is 5.56 Å². The lowest BCUT2D eigenvalue weighted by atomic mass is 10.2. The Morgan fingerprint density at radius 3 is 2.16 bits per heavy atom. The summed E-state index contributed by atoms with van der Waals surface area (Å²) in [6.45, 7) is 0. The van der Waals surface area contributed by atoms with Crippen molar-refractivity contribution in [2.75, 3.05) is 0 Å². The van der Waals surface area contributed by atoms with Crippen molar-refractivity contribution < 1.29 is 22.5 Å². The van der Waals surface area contributed by atoms with Crippen LogP contribution in [0.15, 0.2) is 58.6 Å². The van der Waals surface area contributed by atoms with Gasteiger partial charge < -0.3 is 5.73 Å². The molecule has 0 spiro atoms. The first-order chi connectivity index (χ1) is 11.7. The SMILES string of the molecule is N/C(=N/OS(=O)(=O)c1ccc([N+](=O)[O-])cc1)c1cccc([N+](=O)[O-])c1. The summed E-state index contributed by atoms with van der Waals surface area (Å²) in [7, 11) is -4.36. The molecular formula is C13H10N4O7S. The van der Waals surface area contributed by atoms with Gasteiger partial charge in [0.1, 0.15) is 4.90 Å². The lowest BCUT2D eigenvalue weighted by molar-refractivity contribution is -0.385. The number of amidine groups is 1. The molecule has 0 radical (unpaired) electrons. The summed E-state index contributed by atoms with van der Waals surface area (Å²) >= 11 is 0. The van der Waals surface area contributed by atoms with E-state index >= 15 is 0 Å². The molecule has 130 valence electrons. The quantitative estimate of drug-likeness (QED) is 0.347. The molecule has 25 heavy (non-hydrogen) atoms. The van der Waals surface area contributed by atoms with Gasteiger partial charge in [-0.25, -0.2) is 0 Å². The first-order valence-electron chi connectivity index (χ1n) is 6.47. The second-order valence-electron chi connectivity index (χ2n) is 4.56. The summed E-state index contributed by atoms with van der Waals surface area (Å²) in [6.07, 6.45) is 0. The van der Waals surface area contributed by atoms with E-state index in [-0.39, 0.29) is 21.8 Å². The topological polar surface area (TPSA) is 168 Å². The van der Waals surface area contributed by atoms with Gasteiger partial charge in [0.2, 0.25) is 0 Å². The maximum Gasteiger partial charge on any atom is 0.358 e. The summed E-state index contributed by atoms with van der Waals surface area (Å²) in [5.41, 5.74) is 5.10. The molecule has 2 rings (SSSR count). The molecule has 11 nitrogen and oxygen atoms in total. The molecule has 0 unspecified atom stereocenters. The molecule has 2 N–H and O–H groups in total. The Labute approximate surface area is 140 Å². The van der Waals surface area contributed by atoms with Crippen LogP contribution in [-0.4, -0.2) is 24.1 Å². The van der Waals surface area contributed by atoms with E-state index in [9.17, 15) is 28.6 Å². The number of nitro groups is 2. The second kappa shape index (κ2) is 6.92. The van der Waals surface area contributed by atoms with Crippen LogP contribution in [-0.2, 0) is 14.4 Å². The minimum Gasteiger partial charge on any atom is -0.380 e. The monoisotopic (exact) mass is 366 g/mol. The Morgan fingerprint density at radius 1 is 1.00 bits per heavy atom. The van der Waals surface area contributed by atoms with Crippen molar-refractivity contribution in [2.24, 2.45) is 10.9 Å². The normalized spacial score (nSPS) is 11.8. The first kappa shape index (κ1) is 17.8. The van der Waals surface area contributed by atoms with Crippen LogP contribution < -0.4 is 5.73 Å². The summed E-state index contributed by atoms with van der Waals surface area (Å²) in [6, 6.07) is 8.99. The van der Waals surface area contributed by atoms with Gasteiger partial charge in [-0.2, -0.15) is 8.42 Å². The third-order valence-electron chi connectivity index (χ3n) is 2.92. The van der Waals surface area contributed by atoms with E-state index in [1.807, 2.05) is 0 Å². The number of nitrogens with zero attached hydrogens (tertiary/aromatic N) is 3. The molecule has 0 fully saturated rings. The van der Waals surface area contributed by atoms with Crippen molar-refractivity contribution in [1.29, 1.82) is 0 Å². The number of oxime groups is 1. The van der Waals surface area contributed by atoms with E-state index in [0.29, 0.717) is 0 Å². The second-order valence-corrected chi connectivity index (χ2v) is 6.09. The average molecular weight is 366 g/mol. The maximum atomic E-state index is 12.0. The van der Waals surface area contributed by atoms with E-state index < -0.39 is 25.8 Å². The van der Waals surface area contributed by atoms with Crippen molar-refractivity contribution in [3.8, 4) is 0 Å². The molecule has 0 aromatic heterocycles. The van der Waals surface area contributed by atoms with E-state index in [1.54, 1.807) is 0 Å². The first-order valence-corrected chi connectivity index (χ1v) is 7.88. The van der Waals surface area contributed by atoms with Crippen LogP contribution in [0.5, 0.6) is 0 Å². The van der Waals surface area contributed by atoms with Gasteiger partial charge in [0.15, 0.2) is 5.84 Å². The summed E-state index contributed by atoms with van der Waals surface area (Å²) in [5.74, 6) is -0.394. The molecule has 0 aliphatic heterocycles. The van der Waals surface area contributed by atoms with Crippen LogP contribution in [0, 0.1) is 20.2 Å². The van der Waals surface area contributed by atoms with Crippen molar-refractivity contribution in [2.45, 2.75) is 4.90 Å². The van der Waals surface area contributed by atoms with Crippen LogP contribution in [0.2, 0.25) is 0 Å². The van der Waals surface area contributed by atoms with E-state index in [4.69, 9.17) is 5.73 Å². The van der Waals surface area contributed by atoms with Crippen molar-refractivity contribution in [3.05, 3.63) is 74.3 Å². The fourth-order valence-electron chi connectivity index (χ4n) is 1.70. The molecular weight excluding hydrogens is 356 g/mol. The number of non-ortho nitro benzene ring substituents is 2. The number of nitrogens with two attached hydrogens (primary N) is 1. The molecule has 0 saturated carbocycles. The minimum atomic E-state index is -4.36. The van der Waals surface area contributed by atoms with Gasteiger partial charge in [-0.1, -0.05) is 12.1 Å². The van der Waals surface area contributed by atoms with Gasteiger partial charge in [0, 0.05) is 29.8 Å². The standard InChI is InChI=1S/C13H10N4O7S/c14-13(9-2-1-3-11(8-9)17(20)21)15-24-25(22,23)12-6-4-10(5-7-12)16(18)19/h1-8H,(H2,14,15). The third kappa shape index (κ3) is 4.26. The summed E-state index contributed by atoms with van der Waals surface area (Å²) in [5, 5.41) is 24.5. The predicted molar refractivity (Wildman–Crippen MR) is 85.2 cm³/mol. The molecule has 0 saturated heterocycles. The number of hydrogen-bond donors (Lipinski definition) is 1. The lowest BCUT2D eigenvalue weighted by Crippen LogP contribution is -2.15. The highest BCUT2D eigenvalue weighted by Crippen LogP contribution is 2.18. The van der Waals surface area contributed by atoms with E-state index in [2.05, 4.69) is 9.44 Å². The summed E-state index contributed by atoms with van der Waals surface area (Å²) in [4.78, 5) is 19.6. The number of hydrogen-bond acceptors (Lipinski definition) is 8. The molecule has 0 amide bonds. The third-order valence-corrected chi connectivity index (χ3v) is 4.04. The molecule has 0 aliphatic rings. The zero-order chi connectivity index (χ0) is 18.6. The molecule has 0 heterocycles. The lowest BCUT2D eigenvalue weighted by Gasteiger charge is -2.03. The molecule has 0 atom stereocenters. The van der Waals surface area contributed by atoms with Crippen LogP contribution in [0.25, 0.3) is 0 Å². The van der Waals surface area contributed by atoms with Gasteiger partial charge in [-0.15, -0.1) is 0 Å². The fraction of sp³-hybridized carbons (Fsp3) is 0. The van der Waals surface area contributed by atoms with Crippen LogP contribution >= 0.6 is 0 Å². The van der Waals surface area contributed by atoms with Gasteiger partial charge in [0.25, 0.3) is 11.4 Å². The average Bonchev–Trinajstić information content (AvgIpc) is 2.60. The molecule has 0 bridgehead atoms. The van der Waals surface area contributed by atoms with Crippen molar-refractivity contribution in [1.82, 2.24) is 0 Å². The van der Waals surface area contributed by atoms with E-state index in [0.717, 1.165) is 30.3 Å².